The van der Waals surface area contributed by atoms with Crippen LogP contribution in [-0.4, -0.2) is 47.9 Å². The van der Waals surface area contributed by atoms with Gasteiger partial charge in [-0.25, -0.2) is 0 Å². The summed E-state index contributed by atoms with van der Waals surface area (Å²) < 4.78 is 37.1. The molecular formula is C14H22F3N3S. The minimum Gasteiger partial charge on any atom is -0.360 e. The van der Waals surface area contributed by atoms with E-state index in [0.717, 1.165) is 11.8 Å². The standard InChI is InChI=1S/C14H22F3N3S/c15-14(16,17)8-20-4-3-11(7-20)18-13(21)19-12-6-9-1-2-10(12)5-9/h9-12H,1-8H2,(H2,18,19,21)/t9-,10-,11+,12+/m0/s1. The first-order valence-electron chi connectivity index (χ1n) is 7.75. The van der Waals surface area contributed by atoms with Crippen LogP contribution in [0.1, 0.15) is 32.1 Å². The highest BCUT2D eigenvalue weighted by Gasteiger charge is 2.40. The summed E-state index contributed by atoms with van der Waals surface area (Å²) in [6.45, 7) is 0.0731. The van der Waals surface area contributed by atoms with E-state index in [4.69, 9.17) is 12.2 Å². The van der Waals surface area contributed by atoms with Gasteiger partial charge < -0.3 is 10.6 Å². The molecule has 2 saturated carbocycles. The van der Waals surface area contributed by atoms with Gasteiger partial charge in [0.25, 0.3) is 0 Å². The topological polar surface area (TPSA) is 27.3 Å². The second-order valence-corrected chi connectivity index (χ2v) is 7.14. The van der Waals surface area contributed by atoms with Crippen molar-refractivity contribution in [3.05, 3.63) is 0 Å². The highest BCUT2D eigenvalue weighted by molar-refractivity contribution is 7.80. The van der Waals surface area contributed by atoms with Crippen LogP contribution in [0.15, 0.2) is 0 Å². The van der Waals surface area contributed by atoms with Gasteiger partial charge in [-0.15, -0.1) is 0 Å². The molecule has 2 bridgehead atoms. The van der Waals surface area contributed by atoms with Gasteiger partial charge in [0.2, 0.25) is 0 Å². The number of likely N-dealkylation sites (tertiary alicyclic amines) is 1. The normalized spacial score (nSPS) is 36.1. The van der Waals surface area contributed by atoms with Crippen LogP contribution >= 0.6 is 12.2 Å². The molecule has 7 heteroatoms. The minimum atomic E-state index is -4.11. The first kappa shape index (κ1) is 15.3. The van der Waals surface area contributed by atoms with Crippen LogP contribution in [-0.2, 0) is 0 Å². The Hall–Kier alpha value is -0.560. The van der Waals surface area contributed by atoms with Crippen molar-refractivity contribution < 1.29 is 13.2 Å². The summed E-state index contributed by atoms with van der Waals surface area (Å²) in [6.07, 6.45) is 1.73. The predicted molar refractivity (Wildman–Crippen MR) is 79.0 cm³/mol. The third-order valence-corrected chi connectivity index (χ3v) is 5.30. The van der Waals surface area contributed by atoms with Gasteiger partial charge in [-0.3, -0.25) is 4.90 Å². The van der Waals surface area contributed by atoms with Crippen LogP contribution in [0.4, 0.5) is 13.2 Å². The summed E-state index contributed by atoms with van der Waals surface area (Å²) in [5.41, 5.74) is 0. The molecule has 4 atom stereocenters. The fourth-order valence-electron chi connectivity index (χ4n) is 4.16. The summed E-state index contributed by atoms with van der Waals surface area (Å²) in [4.78, 5) is 1.44. The number of rotatable bonds is 3. The van der Waals surface area contributed by atoms with E-state index >= 15 is 0 Å². The molecule has 0 radical (unpaired) electrons. The maximum Gasteiger partial charge on any atom is 0.401 e. The molecule has 1 heterocycles. The molecule has 3 aliphatic rings. The number of hydrogen-bond acceptors (Lipinski definition) is 2. The van der Waals surface area contributed by atoms with Crippen LogP contribution < -0.4 is 10.6 Å². The Balaban J connectivity index is 1.40. The quantitative estimate of drug-likeness (QED) is 0.780. The molecule has 0 aromatic rings. The smallest absolute Gasteiger partial charge is 0.360 e. The van der Waals surface area contributed by atoms with Crippen molar-refractivity contribution in [2.24, 2.45) is 11.8 Å². The van der Waals surface area contributed by atoms with Gasteiger partial charge >= 0.3 is 6.18 Å². The van der Waals surface area contributed by atoms with E-state index in [1.165, 1.54) is 30.6 Å². The lowest BCUT2D eigenvalue weighted by Crippen LogP contribution is -2.48. The lowest BCUT2D eigenvalue weighted by Gasteiger charge is -2.26. The van der Waals surface area contributed by atoms with Gasteiger partial charge in [-0.05, 0) is 49.7 Å². The average molecular weight is 321 g/mol. The summed E-state index contributed by atoms with van der Waals surface area (Å²) in [7, 11) is 0. The van der Waals surface area contributed by atoms with Crippen molar-refractivity contribution in [1.29, 1.82) is 0 Å². The lowest BCUT2D eigenvalue weighted by molar-refractivity contribution is -0.143. The second-order valence-electron chi connectivity index (χ2n) is 6.74. The van der Waals surface area contributed by atoms with E-state index in [-0.39, 0.29) is 6.04 Å². The maximum atomic E-state index is 12.4. The molecule has 0 spiro atoms. The van der Waals surface area contributed by atoms with Gasteiger partial charge in [0.05, 0.1) is 6.54 Å². The molecule has 1 saturated heterocycles. The van der Waals surface area contributed by atoms with Crippen LogP contribution in [0.25, 0.3) is 0 Å². The molecule has 0 amide bonds. The van der Waals surface area contributed by atoms with Gasteiger partial charge in [-0.1, -0.05) is 6.42 Å². The molecule has 0 aromatic heterocycles. The maximum absolute atomic E-state index is 12.4. The van der Waals surface area contributed by atoms with Crippen molar-refractivity contribution in [2.75, 3.05) is 19.6 Å². The van der Waals surface area contributed by atoms with E-state index in [9.17, 15) is 13.2 Å². The number of nitrogens with one attached hydrogen (secondary N) is 2. The number of fused-ring (bicyclic) bond motifs is 2. The highest BCUT2D eigenvalue weighted by atomic mass is 32.1. The van der Waals surface area contributed by atoms with Crippen molar-refractivity contribution in [3.8, 4) is 0 Å². The molecule has 3 nitrogen and oxygen atoms in total. The Morgan fingerprint density at radius 1 is 1.14 bits per heavy atom. The Kier molecular flexibility index (Phi) is 4.32. The number of alkyl halides is 3. The third-order valence-electron chi connectivity index (χ3n) is 5.07. The van der Waals surface area contributed by atoms with E-state index in [1.54, 1.807) is 0 Å². The van der Waals surface area contributed by atoms with E-state index in [1.807, 2.05) is 0 Å². The summed E-state index contributed by atoms with van der Waals surface area (Å²) in [5.74, 6) is 1.59. The molecule has 3 fully saturated rings. The Bertz CT molecular complexity index is 401. The van der Waals surface area contributed by atoms with E-state index in [0.29, 0.717) is 30.7 Å². The average Bonchev–Trinajstić information content (AvgIpc) is 3.04. The zero-order chi connectivity index (χ0) is 15.0. The SMILES string of the molecule is FC(F)(F)CN1CC[C@@H](NC(=S)N[C@@H]2C[C@H]3CC[C@H]2C3)C1. The van der Waals surface area contributed by atoms with Crippen molar-refractivity contribution in [1.82, 2.24) is 15.5 Å². The highest BCUT2D eigenvalue weighted by Crippen LogP contribution is 2.44. The molecule has 21 heavy (non-hydrogen) atoms. The Morgan fingerprint density at radius 3 is 2.57 bits per heavy atom. The molecule has 3 rings (SSSR count). The van der Waals surface area contributed by atoms with Gasteiger partial charge in [0, 0.05) is 25.2 Å². The fourth-order valence-corrected chi connectivity index (χ4v) is 4.48. The lowest BCUT2D eigenvalue weighted by atomic mass is 9.95. The third kappa shape index (κ3) is 4.00. The largest absolute Gasteiger partial charge is 0.401 e. The summed E-state index contributed by atoms with van der Waals surface area (Å²) >= 11 is 5.33. The molecule has 120 valence electrons. The second kappa shape index (κ2) is 5.91. The zero-order valence-electron chi connectivity index (χ0n) is 12.0. The molecule has 2 N–H and O–H groups in total. The van der Waals surface area contributed by atoms with Crippen molar-refractivity contribution >= 4 is 17.3 Å². The van der Waals surface area contributed by atoms with Gasteiger partial charge in [-0.2, -0.15) is 13.2 Å². The first-order chi connectivity index (χ1) is 9.89. The fraction of sp³-hybridized carbons (Fsp3) is 0.929. The van der Waals surface area contributed by atoms with Crippen LogP contribution in [0.5, 0.6) is 0 Å². The van der Waals surface area contributed by atoms with Crippen molar-refractivity contribution in [2.45, 2.75) is 50.4 Å². The molecule has 0 unspecified atom stereocenters. The molecule has 0 aromatic carbocycles. The van der Waals surface area contributed by atoms with E-state index < -0.39 is 12.7 Å². The van der Waals surface area contributed by atoms with E-state index in [2.05, 4.69) is 10.6 Å². The Labute approximate surface area is 128 Å². The Morgan fingerprint density at radius 2 is 1.95 bits per heavy atom. The first-order valence-corrected chi connectivity index (χ1v) is 8.16. The van der Waals surface area contributed by atoms with Crippen LogP contribution in [0.2, 0.25) is 0 Å². The number of hydrogen-bond donors (Lipinski definition) is 2. The minimum absolute atomic E-state index is 0.0333. The zero-order valence-corrected chi connectivity index (χ0v) is 12.8. The predicted octanol–water partition coefficient (Wildman–Crippen LogP) is 2.28. The van der Waals surface area contributed by atoms with Gasteiger partial charge in [0.15, 0.2) is 5.11 Å². The van der Waals surface area contributed by atoms with Crippen molar-refractivity contribution in [3.63, 3.8) is 0 Å². The molecule has 2 aliphatic carbocycles. The summed E-state index contributed by atoms with van der Waals surface area (Å²) in [6, 6.07) is 0.502. The molecular weight excluding hydrogens is 299 g/mol. The van der Waals surface area contributed by atoms with Gasteiger partial charge in [0.1, 0.15) is 0 Å². The molecule has 1 aliphatic heterocycles. The van der Waals surface area contributed by atoms with Crippen LogP contribution in [0.3, 0.4) is 0 Å². The number of thiocarbonyl (C=S) groups is 1. The number of nitrogens with zero attached hydrogens (tertiary/aromatic N) is 1. The monoisotopic (exact) mass is 321 g/mol. The van der Waals surface area contributed by atoms with Crippen LogP contribution in [0, 0.1) is 11.8 Å². The summed E-state index contributed by atoms with van der Waals surface area (Å²) in [5, 5.41) is 7.19. The number of halogens is 3.